The average Bonchev–Trinajstić information content (AvgIpc) is 3.22. The van der Waals surface area contributed by atoms with Crippen molar-refractivity contribution in [3.05, 3.63) is 54.1 Å². The van der Waals surface area contributed by atoms with Crippen LogP contribution in [-0.2, 0) is 6.42 Å². The predicted octanol–water partition coefficient (Wildman–Crippen LogP) is 5.32. The van der Waals surface area contributed by atoms with Crippen molar-refractivity contribution >= 4 is 27.8 Å². The van der Waals surface area contributed by atoms with Crippen LogP contribution in [0.3, 0.4) is 0 Å². The maximum atomic E-state index is 6.26. The summed E-state index contributed by atoms with van der Waals surface area (Å²) in [5, 5.41) is 2.33. The van der Waals surface area contributed by atoms with Gasteiger partial charge in [0.2, 0.25) is 0 Å². The van der Waals surface area contributed by atoms with Gasteiger partial charge in [0.15, 0.2) is 0 Å². The summed E-state index contributed by atoms with van der Waals surface area (Å²) in [6, 6.07) is 17.2. The maximum absolute atomic E-state index is 6.26. The van der Waals surface area contributed by atoms with Gasteiger partial charge >= 0.3 is 0 Å². The third-order valence-corrected chi connectivity index (χ3v) is 7.21. The van der Waals surface area contributed by atoms with E-state index in [2.05, 4.69) is 82.3 Å². The van der Waals surface area contributed by atoms with E-state index in [1.165, 1.54) is 29.4 Å². The van der Waals surface area contributed by atoms with E-state index < -0.39 is 0 Å². The van der Waals surface area contributed by atoms with Gasteiger partial charge in [-0.3, -0.25) is 4.90 Å². The minimum absolute atomic E-state index is 0.642. The quantitative estimate of drug-likeness (QED) is 0.323. The molecule has 1 aliphatic rings. The van der Waals surface area contributed by atoms with Crippen LogP contribution in [0.25, 0.3) is 33.1 Å². The standard InChI is InChI=1S/C29H37N5O/c1-3-4-5-6-23-20-26-25-19-22(9-12-27(25)31-29(26)32-28(23)30)21-7-10-24(11-8-21)35-18-17-34-15-13-33(2)14-16-34/h7-12,19-20H,3-6,13-18H2,1-2H3,(H3,30,31,32). The topological polar surface area (TPSA) is 70.4 Å². The molecule has 0 spiro atoms. The third-order valence-electron chi connectivity index (χ3n) is 7.21. The molecule has 4 aromatic rings. The number of fused-ring (bicyclic) bond motifs is 3. The van der Waals surface area contributed by atoms with Gasteiger partial charge in [0.25, 0.3) is 0 Å². The first-order valence-corrected chi connectivity index (χ1v) is 13.0. The largest absolute Gasteiger partial charge is 0.492 e. The molecule has 1 fully saturated rings. The normalized spacial score (nSPS) is 15.3. The minimum atomic E-state index is 0.642. The van der Waals surface area contributed by atoms with Crippen LogP contribution in [0.4, 0.5) is 5.82 Å². The number of nitrogens with two attached hydrogens (primary N) is 1. The van der Waals surface area contributed by atoms with Crippen molar-refractivity contribution in [1.82, 2.24) is 19.8 Å². The molecule has 5 rings (SSSR count). The molecule has 1 aliphatic heterocycles. The molecule has 0 bridgehead atoms. The van der Waals surface area contributed by atoms with Crippen LogP contribution in [-0.4, -0.2) is 66.1 Å². The van der Waals surface area contributed by atoms with Crippen molar-refractivity contribution in [2.75, 3.05) is 52.1 Å². The number of piperazine rings is 1. The fraction of sp³-hybridized carbons (Fsp3) is 0.414. The summed E-state index contributed by atoms with van der Waals surface area (Å²) < 4.78 is 6.03. The Morgan fingerprint density at radius 2 is 1.71 bits per heavy atom. The zero-order valence-electron chi connectivity index (χ0n) is 21.0. The van der Waals surface area contributed by atoms with Crippen LogP contribution < -0.4 is 10.5 Å². The highest BCUT2D eigenvalue weighted by molar-refractivity contribution is 6.07. The molecular weight excluding hydrogens is 434 g/mol. The molecule has 35 heavy (non-hydrogen) atoms. The number of aromatic amines is 1. The van der Waals surface area contributed by atoms with Crippen LogP contribution in [0.1, 0.15) is 31.7 Å². The number of hydrogen-bond acceptors (Lipinski definition) is 5. The molecule has 0 amide bonds. The first-order chi connectivity index (χ1) is 17.1. The summed E-state index contributed by atoms with van der Waals surface area (Å²) in [5.41, 5.74) is 11.7. The maximum Gasteiger partial charge on any atom is 0.140 e. The monoisotopic (exact) mass is 471 g/mol. The number of pyridine rings is 1. The second kappa shape index (κ2) is 10.7. The van der Waals surface area contributed by atoms with Gasteiger partial charge in [-0.2, -0.15) is 0 Å². The first-order valence-electron chi connectivity index (χ1n) is 13.0. The Morgan fingerprint density at radius 3 is 2.49 bits per heavy atom. The summed E-state index contributed by atoms with van der Waals surface area (Å²) in [4.78, 5) is 13.0. The van der Waals surface area contributed by atoms with Crippen molar-refractivity contribution < 1.29 is 4.74 Å². The highest BCUT2D eigenvalue weighted by Crippen LogP contribution is 2.32. The van der Waals surface area contributed by atoms with Gasteiger partial charge in [-0.15, -0.1) is 0 Å². The second-order valence-corrected chi connectivity index (χ2v) is 9.79. The second-order valence-electron chi connectivity index (χ2n) is 9.79. The van der Waals surface area contributed by atoms with E-state index in [9.17, 15) is 0 Å². The Bertz CT molecular complexity index is 1270. The molecule has 184 valence electrons. The zero-order chi connectivity index (χ0) is 24.2. The van der Waals surface area contributed by atoms with Crippen molar-refractivity contribution in [3.8, 4) is 16.9 Å². The Kier molecular flexibility index (Phi) is 7.21. The van der Waals surface area contributed by atoms with Crippen LogP contribution in [0.2, 0.25) is 0 Å². The molecule has 0 radical (unpaired) electrons. The summed E-state index contributed by atoms with van der Waals surface area (Å²) in [7, 11) is 2.18. The molecule has 3 heterocycles. The minimum Gasteiger partial charge on any atom is -0.492 e. The number of nitrogen functional groups attached to an aromatic ring is 1. The number of anilines is 1. The molecule has 2 aromatic heterocycles. The SMILES string of the molecule is CCCCCc1cc2c(nc1N)[nH]c1ccc(-c3ccc(OCCN4CCN(C)CC4)cc3)cc12. The molecular formula is C29H37N5O. The highest BCUT2D eigenvalue weighted by Gasteiger charge is 2.14. The molecule has 3 N–H and O–H groups in total. The van der Waals surface area contributed by atoms with Crippen LogP contribution >= 0.6 is 0 Å². The lowest BCUT2D eigenvalue weighted by Crippen LogP contribution is -2.45. The molecule has 6 nitrogen and oxygen atoms in total. The fourth-order valence-electron chi connectivity index (χ4n) is 4.93. The van der Waals surface area contributed by atoms with Crippen molar-refractivity contribution in [2.45, 2.75) is 32.6 Å². The molecule has 0 unspecified atom stereocenters. The predicted molar refractivity (Wildman–Crippen MR) is 146 cm³/mol. The summed E-state index contributed by atoms with van der Waals surface area (Å²) >= 11 is 0. The molecule has 0 atom stereocenters. The van der Waals surface area contributed by atoms with E-state index in [1.54, 1.807) is 0 Å². The molecule has 6 heteroatoms. The van der Waals surface area contributed by atoms with E-state index in [0.717, 1.165) is 80.0 Å². The zero-order valence-corrected chi connectivity index (χ0v) is 21.0. The number of rotatable bonds is 9. The van der Waals surface area contributed by atoms with Crippen molar-refractivity contribution in [1.29, 1.82) is 0 Å². The van der Waals surface area contributed by atoms with Gasteiger partial charge in [0, 0.05) is 49.0 Å². The summed E-state index contributed by atoms with van der Waals surface area (Å²) in [6.07, 6.45) is 4.54. The van der Waals surface area contributed by atoms with Gasteiger partial charge in [-0.05, 0) is 66.9 Å². The number of benzene rings is 2. The van der Waals surface area contributed by atoms with E-state index in [4.69, 9.17) is 10.5 Å². The summed E-state index contributed by atoms with van der Waals surface area (Å²) in [5.74, 6) is 1.57. The van der Waals surface area contributed by atoms with E-state index in [-0.39, 0.29) is 0 Å². The van der Waals surface area contributed by atoms with Gasteiger partial charge in [0.1, 0.15) is 23.8 Å². The number of nitrogens with one attached hydrogen (secondary N) is 1. The number of H-pyrrole nitrogens is 1. The van der Waals surface area contributed by atoms with E-state index in [0.29, 0.717) is 5.82 Å². The first kappa shape index (κ1) is 23.6. The number of aryl methyl sites for hydroxylation is 1. The van der Waals surface area contributed by atoms with Gasteiger partial charge in [-0.1, -0.05) is 38.0 Å². The fourth-order valence-corrected chi connectivity index (χ4v) is 4.93. The van der Waals surface area contributed by atoms with Crippen LogP contribution in [0.5, 0.6) is 5.75 Å². The Morgan fingerprint density at radius 1 is 0.943 bits per heavy atom. The number of aromatic nitrogens is 2. The lowest BCUT2D eigenvalue weighted by molar-refractivity contribution is 0.134. The summed E-state index contributed by atoms with van der Waals surface area (Å²) in [6.45, 7) is 8.44. The molecule has 0 saturated carbocycles. The number of likely N-dealkylation sites (N-methyl/N-ethyl adjacent to an activating group) is 1. The van der Waals surface area contributed by atoms with Crippen molar-refractivity contribution in [2.24, 2.45) is 0 Å². The smallest absolute Gasteiger partial charge is 0.140 e. The van der Waals surface area contributed by atoms with Gasteiger partial charge in [0.05, 0.1) is 0 Å². The average molecular weight is 472 g/mol. The van der Waals surface area contributed by atoms with E-state index >= 15 is 0 Å². The third kappa shape index (κ3) is 5.44. The molecule has 1 saturated heterocycles. The van der Waals surface area contributed by atoms with Crippen molar-refractivity contribution in [3.63, 3.8) is 0 Å². The van der Waals surface area contributed by atoms with E-state index in [1.807, 2.05) is 0 Å². The molecule has 2 aromatic carbocycles. The van der Waals surface area contributed by atoms with Gasteiger partial charge in [-0.25, -0.2) is 4.98 Å². The Hall–Kier alpha value is -3.09. The van der Waals surface area contributed by atoms with Crippen LogP contribution in [0, 0.1) is 0 Å². The van der Waals surface area contributed by atoms with Gasteiger partial charge < -0.3 is 20.4 Å². The number of hydrogen-bond donors (Lipinski definition) is 2. The Balaban J connectivity index is 1.29. The highest BCUT2D eigenvalue weighted by atomic mass is 16.5. The number of ether oxygens (including phenoxy) is 1. The van der Waals surface area contributed by atoms with Crippen LogP contribution in [0.15, 0.2) is 48.5 Å². The lowest BCUT2D eigenvalue weighted by atomic mass is 10.0. The Labute approximate surface area is 208 Å². The molecule has 0 aliphatic carbocycles. The lowest BCUT2D eigenvalue weighted by Gasteiger charge is -2.32. The number of nitrogens with zero attached hydrogens (tertiary/aromatic N) is 3. The number of unbranched alkanes of at least 4 members (excludes halogenated alkanes) is 2.